The Balaban J connectivity index is 1.87. The fourth-order valence-corrected chi connectivity index (χ4v) is 6.52. The molecule has 0 spiro atoms. The Morgan fingerprint density at radius 1 is 0.952 bits per heavy atom. The van der Waals surface area contributed by atoms with Crippen molar-refractivity contribution in [2.45, 2.75) is 115 Å². The summed E-state index contributed by atoms with van der Waals surface area (Å²) in [5.41, 5.74) is 0.528. The minimum atomic E-state index is 0.528. The molecule has 0 N–H and O–H groups in total. The number of rotatable bonds is 5. The van der Waals surface area contributed by atoms with Crippen LogP contribution in [0.2, 0.25) is 0 Å². The molecule has 2 fully saturated rings. The normalized spacial score (nSPS) is 30.3. The van der Waals surface area contributed by atoms with Crippen LogP contribution in [0.3, 0.4) is 0 Å². The minimum absolute atomic E-state index is 0.528. The molecule has 21 heavy (non-hydrogen) atoms. The largest absolute Gasteiger partial charge is 0.152 e. The maximum absolute atomic E-state index is 2.44. The van der Waals surface area contributed by atoms with Crippen molar-refractivity contribution in [1.82, 2.24) is 0 Å². The van der Waals surface area contributed by atoms with Gasteiger partial charge in [0.2, 0.25) is 0 Å². The predicted molar refractivity (Wildman–Crippen MR) is 98.1 cm³/mol. The Morgan fingerprint density at radius 2 is 1.57 bits per heavy atom. The van der Waals surface area contributed by atoms with Gasteiger partial charge in [-0.1, -0.05) is 59.8 Å². The summed E-state index contributed by atoms with van der Waals surface area (Å²) in [5, 5.41) is 0.971. The Morgan fingerprint density at radius 3 is 2.10 bits per heavy atom. The van der Waals surface area contributed by atoms with E-state index >= 15 is 0 Å². The summed E-state index contributed by atoms with van der Waals surface area (Å²) in [5.74, 6) is 0.965. The third kappa shape index (κ3) is 5.19. The standard InChI is InChI=1S/C20H38S/c1-5-6-14-20(15-8-7-9-16-20)21-18-12-10-17(11-13-18)19(2,3)4/h17-18H,5-16H2,1-4H3. The van der Waals surface area contributed by atoms with E-state index in [9.17, 15) is 0 Å². The van der Waals surface area contributed by atoms with E-state index in [1.807, 2.05) is 0 Å². The molecule has 0 saturated heterocycles. The molecular weight excluding hydrogens is 272 g/mol. The van der Waals surface area contributed by atoms with Gasteiger partial charge in [0.25, 0.3) is 0 Å². The second-order valence-electron chi connectivity index (χ2n) is 8.80. The molecule has 2 saturated carbocycles. The summed E-state index contributed by atoms with van der Waals surface area (Å²) in [7, 11) is 0. The molecule has 0 aromatic heterocycles. The molecule has 0 nitrogen and oxygen atoms in total. The summed E-state index contributed by atoms with van der Waals surface area (Å²) >= 11 is 2.44. The molecule has 2 aliphatic rings. The molecule has 124 valence electrons. The van der Waals surface area contributed by atoms with Gasteiger partial charge >= 0.3 is 0 Å². The van der Waals surface area contributed by atoms with Crippen LogP contribution in [0.5, 0.6) is 0 Å². The van der Waals surface area contributed by atoms with Crippen LogP contribution < -0.4 is 0 Å². The van der Waals surface area contributed by atoms with E-state index in [0.29, 0.717) is 10.2 Å². The highest BCUT2D eigenvalue weighted by molar-refractivity contribution is 8.01. The zero-order valence-corrected chi connectivity index (χ0v) is 15.9. The molecule has 1 heteroatoms. The van der Waals surface area contributed by atoms with Crippen molar-refractivity contribution < 1.29 is 0 Å². The quantitative estimate of drug-likeness (QED) is 0.516. The Hall–Kier alpha value is 0.350. The first kappa shape index (κ1) is 17.7. The van der Waals surface area contributed by atoms with Crippen molar-refractivity contribution in [3.8, 4) is 0 Å². The van der Waals surface area contributed by atoms with Crippen LogP contribution in [0.4, 0.5) is 0 Å². The predicted octanol–water partition coefficient (Wildman–Crippen LogP) is 7.22. The highest BCUT2D eigenvalue weighted by atomic mass is 32.2. The average molecular weight is 311 g/mol. The molecule has 0 bridgehead atoms. The van der Waals surface area contributed by atoms with Crippen molar-refractivity contribution in [3.05, 3.63) is 0 Å². The third-order valence-corrected chi connectivity index (χ3v) is 7.98. The summed E-state index contributed by atoms with van der Waals surface area (Å²) in [6, 6.07) is 0. The van der Waals surface area contributed by atoms with Gasteiger partial charge in [-0.15, -0.1) is 0 Å². The Labute approximate surface area is 138 Å². The highest BCUT2D eigenvalue weighted by Crippen LogP contribution is 2.50. The first-order chi connectivity index (χ1) is 9.95. The summed E-state index contributed by atoms with van der Waals surface area (Å²) in [4.78, 5) is 0. The van der Waals surface area contributed by atoms with Gasteiger partial charge in [0.05, 0.1) is 0 Å². The van der Waals surface area contributed by atoms with E-state index in [1.54, 1.807) is 0 Å². The SMILES string of the molecule is CCCCC1(SC2CCC(C(C)(C)C)CC2)CCCCC1. The molecule has 0 amide bonds. The second-order valence-corrected chi connectivity index (χ2v) is 10.6. The lowest BCUT2D eigenvalue weighted by Gasteiger charge is -2.43. The van der Waals surface area contributed by atoms with Crippen LogP contribution in [0, 0.1) is 11.3 Å². The van der Waals surface area contributed by atoms with E-state index < -0.39 is 0 Å². The van der Waals surface area contributed by atoms with Gasteiger partial charge in [-0.2, -0.15) is 11.8 Å². The smallest absolute Gasteiger partial charge is 0.0162 e. The van der Waals surface area contributed by atoms with Crippen LogP contribution in [-0.2, 0) is 0 Å². The fraction of sp³-hybridized carbons (Fsp3) is 1.00. The molecule has 0 atom stereocenters. The molecule has 2 aliphatic carbocycles. The van der Waals surface area contributed by atoms with Crippen molar-refractivity contribution in [2.75, 3.05) is 0 Å². The van der Waals surface area contributed by atoms with E-state index in [2.05, 4.69) is 39.5 Å². The molecule has 0 aliphatic heterocycles. The minimum Gasteiger partial charge on any atom is -0.152 e. The number of hydrogen-bond donors (Lipinski definition) is 0. The lowest BCUT2D eigenvalue weighted by molar-refractivity contribution is 0.182. The van der Waals surface area contributed by atoms with E-state index in [0.717, 1.165) is 11.2 Å². The van der Waals surface area contributed by atoms with Crippen LogP contribution in [-0.4, -0.2) is 10.00 Å². The second kappa shape index (κ2) is 7.75. The Bertz CT molecular complexity index is 287. The molecule has 0 radical (unpaired) electrons. The van der Waals surface area contributed by atoms with Crippen molar-refractivity contribution in [1.29, 1.82) is 0 Å². The van der Waals surface area contributed by atoms with Gasteiger partial charge in [0, 0.05) is 10.00 Å². The monoisotopic (exact) mass is 310 g/mol. The molecule has 0 unspecified atom stereocenters. The van der Waals surface area contributed by atoms with Crippen molar-refractivity contribution >= 4 is 11.8 Å². The zero-order valence-electron chi connectivity index (χ0n) is 15.0. The lowest BCUT2D eigenvalue weighted by atomic mass is 9.72. The highest BCUT2D eigenvalue weighted by Gasteiger charge is 2.37. The van der Waals surface area contributed by atoms with Gasteiger partial charge in [0.1, 0.15) is 0 Å². The molecule has 0 aromatic carbocycles. The molecule has 0 heterocycles. The summed E-state index contributed by atoms with van der Waals surface area (Å²) < 4.78 is 0.674. The molecule has 0 aromatic rings. The van der Waals surface area contributed by atoms with Crippen molar-refractivity contribution in [3.63, 3.8) is 0 Å². The topological polar surface area (TPSA) is 0 Å². The lowest BCUT2D eigenvalue weighted by Crippen LogP contribution is -2.33. The first-order valence-corrected chi connectivity index (χ1v) is 10.5. The van der Waals surface area contributed by atoms with Gasteiger partial charge in [0.15, 0.2) is 0 Å². The third-order valence-electron chi connectivity index (χ3n) is 6.07. The fourth-order valence-electron chi connectivity index (χ4n) is 4.52. The Kier molecular flexibility index (Phi) is 6.53. The van der Waals surface area contributed by atoms with E-state index in [4.69, 9.17) is 0 Å². The zero-order chi connectivity index (χ0) is 15.3. The van der Waals surface area contributed by atoms with Crippen LogP contribution in [0.1, 0.15) is 105 Å². The molecule has 2 rings (SSSR count). The summed E-state index contributed by atoms with van der Waals surface area (Å²) in [6.07, 6.45) is 17.7. The maximum Gasteiger partial charge on any atom is 0.0162 e. The van der Waals surface area contributed by atoms with Crippen LogP contribution >= 0.6 is 11.8 Å². The summed E-state index contributed by atoms with van der Waals surface area (Å²) in [6.45, 7) is 9.68. The van der Waals surface area contributed by atoms with Crippen molar-refractivity contribution in [2.24, 2.45) is 11.3 Å². The van der Waals surface area contributed by atoms with E-state index in [1.165, 1.54) is 77.0 Å². The van der Waals surface area contributed by atoms with Gasteiger partial charge in [-0.05, 0) is 56.3 Å². The van der Waals surface area contributed by atoms with Crippen LogP contribution in [0.15, 0.2) is 0 Å². The number of unbranched alkanes of at least 4 members (excludes halogenated alkanes) is 1. The van der Waals surface area contributed by atoms with Gasteiger partial charge in [-0.25, -0.2) is 0 Å². The van der Waals surface area contributed by atoms with E-state index in [-0.39, 0.29) is 0 Å². The number of hydrogen-bond acceptors (Lipinski definition) is 1. The van der Waals surface area contributed by atoms with Gasteiger partial charge < -0.3 is 0 Å². The number of thioether (sulfide) groups is 1. The molecular formula is C20H38S. The average Bonchev–Trinajstić information content (AvgIpc) is 2.46. The van der Waals surface area contributed by atoms with Crippen LogP contribution in [0.25, 0.3) is 0 Å². The first-order valence-electron chi connectivity index (χ1n) is 9.63. The maximum atomic E-state index is 2.44. The van der Waals surface area contributed by atoms with Gasteiger partial charge in [-0.3, -0.25) is 0 Å².